The van der Waals surface area contributed by atoms with Gasteiger partial charge in [-0.25, -0.2) is 0 Å². The van der Waals surface area contributed by atoms with Crippen LogP contribution in [-0.2, 0) is 6.54 Å². The summed E-state index contributed by atoms with van der Waals surface area (Å²) in [6, 6.07) is 2.21. The van der Waals surface area contributed by atoms with Crippen molar-refractivity contribution in [2.45, 2.75) is 13.5 Å². The van der Waals surface area contributed by atoms with E-state index in [2.05, 4.69) is 34.1 Å². The standard InChI is InChI=1S/C12H19N5/c1-12-10-14-17(11-12)9-8-16-6-4-15(3-2-13)5-7-16/h10-11H,3-9H2,1H3. The van der Waals surface area contributed by atoms with Gasteiger partial charge in [0, 0.05) is 38.9 Å². The molecule has 2 heterocycles. The van der Waals surface area contributed by atoms with Crippen molar-refractivity contribution in [1.82, 2.24) is 19.6 Å². The van der Waals surface area contributed by atoms with Gasteiger partial charge < -0.3 is 0 Å². The van der Waals surface area contributed by atoms with Crippen LogP contribution in [0.15, 0.2) is 12.4 Å². The summed E-state index contributed by atoms with van der Waals surface area (Å²) >= 11 is 0. The van der Waals surface area contributed by atoms with Crippen molar-refractivity contribution in [3.05, 3.63) is 18.0 Å². The Labute approximate surface area is 102 Å². The lowest BCUT2D eigenvalue weighted by Gasteiger charge is -2.33. The van der Waals surface area contributed by atoms with Gasteiger partial charge in [0.05, 0.1) is 25.4 Å². The van der Waals surface area contributed by atoms with E-state index in [1.807, 2.05) is 10.9 Å². The summed E-state index contributed by atoms with van der Waals surface area (Å²) in [7, 11) is 0. The zero-order valence-corrected chi connectivity index (χ0v) is 10.3. The van der Waals surface area contributed by atoms with E-state index in [1.165, 1.54) is 5.56 Å². The number of aromatic nitrogens is 2. The maximum atomic E-state index is 8.62. The molecule has 0 unspecified atom stereocenters. The lowest BCUT2D eigenvalue weighted by atomic mass is 10.3. The molecule has 1 saturated heterocycles. The number of piperazine rings is 1. The van der Waals surface area contributed by atoms with Crippen LogP contribution < -0.4 is 0 Å². The van der Waals surface area contributed by atoms with Crippen molar-refractivity contribution in [2.24, 2.45) is 0 Å². The van der Waals surface area contributed by atoms with E-state index in [0.717, 1.165) is 39.3 Å². The molecule has 0 N–H and O–H groups in total. The number of aryl methyl sites for hydroxylation is 1. The number of nitriles is 1. The normalized spacial score (nSPS) is 18.1. The van der Waals surface area contributed by atoms with Crippen LogP contribution in [-0.4, -0.2) is 58.8 Å². The first kappa shape index (κ1) is 12.1. The predicted octanol–water partition coefficient (Wildman–Crippen LogP) is 0.333. The lowest BCUT2D eigenvalue weighted by molar-refractivity contribution is 0.139. The monoisotopic (exact) mass is 233 g/mol. The quantitative estimate of drug-likeness (QED) is 0.703. The van der Waals surface area contributed by atoms with Gasteiger partial charge in [0.15, 0.2) is 0 Å². The van der Waals surface area contributed by atoms with E-state index in [-0.39, 0.29) is 0 Å². The van der Waals surface area contributed by atoms with Crippen LogP contribution in [0.1, 0.15) is 5.56 Å². The number of nitrogens with zero attached hydrogens (tertiary/aromatic N) is 5. The molecule has 0 atom stereocenters. The molecule has 0 bridgehead atoms. The first-order valence-corrected chi connectivity index (χ1v) is 6.08. The Bertz CT molecular complexity index is 384. The summed E-state index contributed by atoms with van der Waals surface area (Å²) in [5, 5.41) is 12.9. The fourth-order valence-electron chi connectivity index (χ4n) is 2.10. The molecule has 0 spiro atoms. The first-order valence-electron chi connectivity index (χ1n) is 6.08. The van der Waals surface area contributed by atoms with Gasteiger partial charge in [-0.05, 0) is 12.5 Å². The minimum Gasteiger partial charge on any atom is -0.299 e. The van der Waals surface area contributed by atoms with E-state index in [9.17, 15) is 0 Å². The van der Waals surface area contributed by atoms with Gasteiger partial charge in [0.1, 0.15) is 0 Å². The molecule has 92 valence electrons. The Hall–Kier alpha value is -1.38. The summed E-state index contributed by atoms with van der Waals surface area (Å²) < 4.78 is 2.00. The van der Waals surface area contributed by atoms with Crippen LogP contribution in [0, 0.1) is 18.3 Å². The van der Waals surface area contributed by atoms with Gasteiger partial charge in [0.2, 0.25) is 0 Å². The van der Waals surface area contributed by atoms with Crippen molar-refractivity contribution in [3.8, 4) is 6.07 Å². The molecular weight excluding hydrogens is 214 g/mol. The molecule has 0 radical (unpaired) electrons. The van der Waals surface area contributed by atoms with Crippen LogP contribution in [0.25, 0.3) is 0 Å². The second kappa shape index (κ2) is 5.80. The minimum absolute atomic E-state index is 0.562. The number of rotatable bonds is 4. The molecule has 2 rings (SSSR count). The van der Waals surface area contributed by atoms with Gasteiger partial charge in [-0.15, -0.1) is 0 Å². The third kappa shape index (κ3) is 3.55. The highest BCUT2D eigenvalue weighted by Gasteiger charge is 2.15. The van der Waals surface area contributed by atoms with E-state index >= 15 is 0 Å². The lowest BCUT2D eigenvalue weighted by Crippen LogP contribution is -2.47. The van der Waals surface area contributed by atoms with Gasteiger partial charge in [-0.3, -0.25) is 14.5 Å². The van der Waals surface area contributed by atoms with Crippen molar-refractivity contribution in [3.63, 3.8) is 0 Å². The fraction of sp³-hybridized carbons (Fsp3) is 0.667. The highest BCUT2D eigenvalue weighted by atomic mass is 15.3. The van der Waals surface area contributed by atoms with E-state index in [1.54, 1.807) is 0 Å². The molecule has 1 aliphatic heterocycles. The van der Waals surface area contributed by atoms with Crippen molar-refractivity contribution < 1.29 is 0 Å². The summed E-state index contributed by atoms with van der Waals surface area (Å²) in [5.41, 5.74) is 1.21. The Morgan fingerprint density at radius 2 is 1.94 bits per heavy atom. The Morgan fingerprint density at radius 3 is 2.53 bits per heavy atom. The molecule has 1 aliphatic rings. The molecule has 0 amide bonds. The molecule has 0 aromatic carbocycles. The van der Waals surface area contributed by atoms with Gasteiger partial charge in [0.25, 0.3) is 0 Å². The molecule has 5 nitrogen and oxygen atoms in total. The molecule has 1 aromatic heterocycles. The van der Waals surface area contributed by atoms with Crippen LogP contribution in [0.5, 0.6) is 0 Å². The summed E-state index contributed by atoms with van der Waals surface area (Å²) in [6.07, 6.45) is 3.97. The second-order valence-electron chi connectivity index (χ2n) is 4.56. The highest BCUT2D eigenvalue weighted by Crippen LogP contribution is 2.02. The van der Waals surface area contributed by atoms with Crippen LogP contribution in [0.3, 0.4) is 0 Å². The second-order valence-corrected chi connectivity index (χ2v) is 4.56. The van der Waals surface area contributed by atoms with E-state index in [4.69, 9.17) is 5.26 Å². The Balaban J connectivity index is 1.70. The largest absolute Gasteiger partial charge is 0.299 e. The third-order valence-corrected chi connectivity index (χ3v) is 3.17. The highest BCUT2D eigenvalue weighted by molar-refractivity contribution is 4.99. The maximum absolute atomic E-state index is 8.62. The summed E-state index contributed by atoms with van der Waals surface area (Å²) in [6.45, 7) is 8.74. The van der Waals surface area contributed by atoms with Crippen LogP contribution in [0.2, 0.25) is 0 Å². The third-order valence-electron chi connectivity index (χ3n) is 3.17. The van der Waals surface area contributed by atoms with Crippen molar-refractivity contribution >= 4 is 0 Å². The van der Waals surface area contributed by atoms with Crippen LogP contribution >= 0.6 is 0 Å². The van der Waals surface area contributed by atoms with Crippen LogP contribution in [0.4, 0.5) is 0 Å². The molecule has 0 aliphatic carbocycles. The van der Waals surface area contributed by atoms with Gasteiger partial charge in [-0.1, -0.05) is 0 Å². The number of hydrogen-bond donors (Lipinski definition) is 0. The summed E-state index contributed by atoms with van der Waals surface area (Å²) in [4.78, 5) is 4.64. The fourth-order valence-corrected chi connectivity index (χ4v) is 2.10. The van der Waals surface area contributed by atoms with E-state index in [0.29, 0.717) is 6.54 Å². The Kier molecular flexibility index (Phi) is 4.13. The molecule has 1 aromatic rings. The van der Waals surface area contributed by atoms with Crippen molar-refractivity contribution in [2.75, 3.05) is 39.3 Å². The topological polar surface area (TPSA) is 48.1 Å². The minimum atomic E-state index is 0.562. The molecule has 0 saturated carbocycles. The smallest absolute Gasteiger partial charge is 0.0866 e. The molecular formula is C12H19N5. The zero-order chi connectivity index (χ0) is 12.1. The number of hydrogen-bond acceptors (Lipinski definition) is 4. The average Bonchev–Trinajstić information content (AvgIpc) is 2.75. The van der Waals surface area contributed by atoms with Crippen molar-refractivity contribution in [1.29, 1.82) is 5.26 Å². The SMILES string of the molecule is Cc1cnn(CCN2CCN(CC#N)CC2)c1. The van der Waals surface area contributed by atoms with Gasteiger partial charge >= 0.3 is 0 Å². The summed E-state index contributed by atoms with van der Waals surface area (Å²) in [5.74, 6) is 0. The Morgan fingerprint density at radius 1 is 1.24 bits per heavy atom. The average molecular weight is 233 g/mol. The van der Waals surface area contributed by atoms with Gasteiger partial charge in [-0.2, -0.15) is 10.4 Å². The predicted molar refractivity (Wildman–Crippen MR) is 65.5 cm³/mol. The first-order chi connectivity index (χ1) is 8.28. The molecule has 17 heavy (non-hydrogen) atoms. The molecule has 1 fully saturated rings. The molecule has 5 heteroatoms. The zero-order valence-electron chi connectivity index (χ0n) is 10.3. The van der Waals surface area contributed by atoms with E-state index < -0.39 is 0 Å². The maximum Gasteiger partial charge on any atom is 0.0866 e.